The van der Waals surface area contributed by atoms with Gasteiger partial charge >= 0.3 is 0 Å². The molecular formula is C19H38O3Si. The van der Waals surface area contributed by atoms with E-state index < -0.39 is 8.32 Å². The number of ketones is 1. The summed E-state index contributed by atoms with van der Waals surface area (Å²) in [5.41, 5.74) is 0. The van der Waals surface area contributed by atoms with Gasteiger partial charge in [-0.1, -0.05) is 46.6 Å². The Bertz CT molecular complexity index is 369. The maximum absolute atomic E-state index is 11.9. The first-order valence-electron chi connectivity index (χ1n) is 9.05. The molecule has 0 amide bonds. The third-order valence-corrected chi connectivity index (χ3v) is 9.31. The van der Waals surface area contributed by atoms with Gasteiger partial charge in [-0.25, -0.2) is 0 Å². The zero-order valence-corrected chi connectivity index (χ0v) is 17.3. The Hall–Kier alpha value is -0.453. The minimum atomic E-state index is -1.76. The highest BCUT2D eigenvalue weighted by Gasteiger charge is 2.38. The normalized spacial score (nSPS) is 15.8. The quantitative estimate of drug-likeness (QED) is 0.412. The minimum Gasteiger partial charge on any atom is -0.414 e. The molecule has 0 rings (SSSR count). The summed E-state index contributed by atoms with van der Waals surface area (Å²) in [6, 6.07) is 0. The van der Waals surface area contributed by atoms with Crippen molar-refractivity contribution in [3.8, 4) is 0 Å². The van der Waals surface area contributed by atoms with E-state index in [1.165, 1.54) is 0 Å². The van der Waals surface area contributed by atoms with Crippen molar-refractivity contribution in [2.45, 2.75) is 103 Å². The van der Waals surface area contributed by atoms with Gasteiger partial charge in [0, 0.05) is 12.5 Å². The number of carbonyl (C=O) groups is 1. The number of unbranched alkanes of at least 4 members (excludes halogenated alkanes) is 1. The van der Waals surface area contributed by atoms with Crippen molar-refractivity contribution >= 4 is 14.1 Å². The molecule has 23 heavy (non-hydrogen) atoms. The predicted octanol–water partition coefficient (Wildman–Crippen LogP) is 5.24. The summed E-state index contributed by atoms with van der Waals surface area (Å²) >= 11 is 0. The Morgan fingerprint density at radius 1 is 1.26 bits per heavy atom. The highest BCUT2D eigenvalue weighted by molar-refractivity contribution is 6.74. The highest BCUT2D eigenvalue weighted by atomic mass is 28.4. The molecule has 0 aromatic heterocycles. The molecule has 136 valence electrons. The van der Waals surface area contributed by atoms with Gasteiger partial charge in [-0.2, -0.15) is 0 Å². The summed E-state index contributed by atoms with van der Waals surface area (Å²) in [5.74, 6) is 0.123. The molecule has 3 nitrogen and oxygen atoms in total. The Morgan fingerprint density at radius 2 is 1.87 bits per heavy atom. The number of carbonyl (C=O) groups excluding carboxylic acids is 1. The fraction of sp³-hybridized carbons (Fsp3) is 0.842. The molecule has 0 aliphatic heterocycles. The monoisotopic (exact) mass is 342 g/mol. The average Bonchev–Trinajstić information content (AvgIpc) is 2.41. The molecule has 0 aromatic rings. The third kappa shape index (κ3) is 10.1. The van der Waals surface area contributed by atoms with Gasteiger partial charge in [0.1, 0.15) is 0 Å². The molecule has 0 saturated heterocycles. The zero-order chi connectivity index (χ0) is 18.1. The van der Waals surface area contributed by atoms with E-state index in [4.69, 9.17) is 4.43 Å². The number of aliphatic hydroxyl groups is 1. The van der Waals surface area contributed by atoms with Crippen LogP contribution in [-0.2, 0) is 9.22 Å². The molecule has 0 saturated carbocycles. The molecule has 0 bridgehead atoms. The van der Waals surface area contributed by atoms with Crippen LogP contribution >= 0.6 is 0 Å². The van der Waals surface area contributed by atoms with Crippen molar-refractivity contribution in [1.29, 1.82) is 0 Å². The van der Waals surface area contributed by atoms with Crippen molar-refractivity contribution in [3.63, 3.8) is 0 Å². The fourth-order valence-corrected chi connectivity index (χ4v) is 3.56. The average molecular weight is 343 g/mol. The lowest BCUT2D eigenvalue weighted by atomic mass is 10.1. The molecule has 0 spiro atoms. The Kier molecular flexibility index (Phi) is 10.2. The molecule has 0 aromatic carbocycles. The van der Waals surface area contributed by atoms with Crippen LogP contribution in [0, 0.1) is 0 Å². The second-order valence-corrected chi connectivity index (χ2v) is 12.9. The van der Waals surface area contributed by atoms with E-state index in [0.717, 1.165) is 25.7 Å². The highest BCUT2D eigenvalue weighted by Crippen LogP contribution is 2.37. The summed E-state index contributed by atoms with van der Waals surface area (Å²) in [4.78, 5) is 11.9. The fourth-order valence-electron chi connectivity index (χ4n) is 2.08. The molecular weight excluding hydrogens is 304 g/mol. The van der Waals surface area contributed by atoms with Crippen molar-refractivity contribution in [1.82, 2.24) is 0 Å². The summed E-state index contributed by atoms with van der Waals surface area (Å²) in [6.45, 7) is 15.3. The van der Waals surface area contributed by atoms with Gasteiger partial charge in [0.25, 0.3) is 0 Å². The SMILES string of the molecule is CCCCC(O)C/C=C/C(=O)CCC(C)O[Si](C)(C)C(C)(C)C. The van der Waals surface area contributed by atoms with Crippen molar-refractivity contribution in [2.75, 3.05) is 0 Å². The lowest BCUT2D eigenvalue weighted by Gasteiger charge is -2.38. The lowest BCUT2D eigenvalue weighted by molar-refractivity contribution is -0.115. The van der Waals surface area contributed by atoms with Gasteiger partial charge in [0.15, 0.2) is 14.1 Å². The van der Waals surface area contributed by atoms with Crippen LogP contribution in [0.2, 0.25) is 18.1 Å². The third-order valence-electron chi connectivity index (χ3n) is 4.70. The van der Waals surface area contributed by atoms with E-state index in [9.17, 15) is 9.90 Å². The summed E-state index contributed by atoms with van der Waals surface area (Å²) < 4.78 is 6.26. The van der Waals surface area contributed by atoms with Gasteiger partial charge in [0.2, 0.25) is 0 Å². The van der Waals surface area contributed by atoms with Crippen LogP contribution in [0.3, 0.4) is 0 Å². The molecule has 4 heteroatoms. The largest absolute Gasteiger partial charge is 0.414 e. The summed E-state index contributed by atoms with van der Waals surface area (Å²) in [6.07, 6.45) is 8.00. The number of aliphatic hydroxyl groups excluding tert-OH is 1. The predicted molar refractivity (Wildman–Crippen MR) is 101 cm³/mol. The van der Waals surface area contributed by atoms with E-state index in [0.29, 0.717) is 12.8 Å². The molecule has 1 N–H and O–H groups in total. The van der Waals surface area contributed by atoms with Crippen LogP contribution < -0.4 is 0 Å². The Balaban J connectivity index is 4.10. The van der Waals surface area contributed by atoms with E-state index in [-0.39, 0.29) is 23.0 Å². The van der Waals surface area contributed by atoms with Crippen LogP contribution in [0.1, 0.15) is 73.1 Å². The molecule has 0 radical (unpaired) electrons. The lowest BCUT2D eigenvalue weighted by Crippen LogP contribution is -2.43. The summed E-state index contributed by atoms with van der Waals surface area (Å²) in [7, 11) is -1.76. The molecule has 0 fully saturated rings. The number of allylic oxidation sites excluding steroid dienone is 1. The van der Waals surface area contributed by atoms with E-state index in [1.807, 2.05) is 6.08 Å². The zero-order valence-electron chi connectivity index (χ0n) is 16.3. The standard InChI is InChI=1S/C19H38O3Si/c1-8-9-11-17(20)12-10-13-18(21)15-14-16(2)22-23(6,7)19(3,4)5/h10,13,16-17,20H,8-9,11-12,14-15H2,1-7H3/b13-10+. The number of rotatable bonds is 11. The van der Waals surface area contributed by atoms with Crippen LogP contribution in [-0.4, -0.2) is 31.4 Å². The van der Waals surface area contributed by atoms with Gasteiger partial charge in [-0.05, 0) is 50.4 Å². The van der Waals surface area contributed by atoms with Crippen molar-refractivity contribution in [3.05, 3.63) is 12.2 Å². The second kappa shape index (κ2) is 10.4. The first kappa shape index (κ1) is 22.5. The molecule has 2 unspecified atom stereocenters. The number of hydrogen-bond donors (Lipinski definition) is 1. The number of hydrogen-bond acceptors (Lipinski definition) is 3. The van der Waals surface area contributed by atoms with Gasteiger partial charge in [-0.15, -0.1) is 0 Å². The second-order valence-electron chi connectivity index (χ2n) is 8.13. The maximum atomic E-state index is 11.9. The first-order valence-corrected chi connectivity index (χ1v) is 12.0. The van der Waals surface area contributed by atoms with Crippen molar-refractivity contribution < 1.29 is 14.3 Å². The minimum absolute atomic E-state index is 0.114. The molecule has 2 atom stereocenters. The topological polar surface area (TPSA) is 46.5 Å². The van der Waals surface area contributed by atoms with Crippen LogP contribution in [0.25, 0.3) is 0 Å². The molecule has 0 aliphatic rings. The van der Waals surface area contributed by atoms with E-state index in [2.05, 4.69) is 47.7 Å². The molecule has 0 heterocycles. The Labute approximate surface area is 144 Å². The van der Waals surface area contributed by atoms with Gasteiger partial charge in [-0.3, -0.25) is 4.79 Å². The molecule has 0 aliphatic carbocycles. The maximum Gasteiger partial charge on any atom is 0.192 e. The van der Waals surface area contributed by atoms with Crippen molar-refractivity contribution in [2.24, 2.45) is 0 Å². The van der Waals surface area contributed by atoms with Crippen LogP contribution in [0.5, 0.6) is 0 Å². The first-order chi connectivity index (χ1) is 10.5. The van der Waals surface area contributed by atoms with E-state index >= 15 is 0 Å². The van der Waals surface area contributed by atoms with Gasteiger partial charge < -0.3 is 9.53 Å². The Morgan fingerprint density at radius 3 is 2.39 bits per heavy atom. The summed E-state index contributed by atoms with van der Waals surface area (Å²) in [5, 5.41) is 9.93. The van der Waals surface area contributed by atoms with Gasteiger partial charge in [0.05, 0.1) is 6.10 Å². The van der Waals surface area contributed by atoms with E-state index in [1.54, 1.807) is 6.08 Å². The van der Waals surface area contributed by atoms with Crippen LogP contribution in [0.15, 0.2) is 12.2 Å². The smallest absolute Gasteiger partial charge is 0.192 e. The van der Waals surface area contributed by atoms with Crippen LogP contribution in [0.4, 0.5) is 0 Å².